The van der Waals surface area contributed by atoms with E-state index in [9.17, 15) is 0 Å². The molecule has 1 aromatic carbocycles. The molecule has 0 aromatic heterocycles. The molecule has 0 heteroatoms. The smallest absolute Gasteiger partial charge is 0.0683 e. The molecule has 0 fully saturated rings. The highest BCUT2D eigenvalue weighted by Crippen LogP contribution is 1.96. The van der Waals surface area contributed by atoms with Gasteiger partial charge in [0.05, 0.1) is 6.92 Å². The van der Waals surface area contributed by atoms with Crippen LogP contribution in [0.15, 0.2) is 30.3 Å². The lowest BCUT2D eigenvalue weighted by Crippen LogP contribution is -1.74. The molecule has 0 spiro atoms. The Hall–Kier alpha value is -0.910. The average molecular weight is 179 g/mol. The number of rotatable bonds is 1. The second-order valence-corrected chi connectivity index (χ2v) is 2.44. The molecule has 0 aliphatic rings. The summed E-state index contributed by atoms with van der Waals surface area (Å²) in [7, 11) is 0. The maximum atomic E-state index is 3.76. The van der Waals surface area contributed by atoms with E-state index < -0.39 is 0 Å². The van der Waals surface area contributed by atoms with Crippen molar-refractivity contribution in [2.45, 2.75) is 40.5 Å². The van der Waals surface area contributed by atoms with E-state index in [4.69, 9.17) is 0 Å². The van der Waals surface area contributed by atoms with Crippen molar-refractivity contribution in [3.63, 3.8) is 0 Å². The first-order chi connectivity index (χ1) is 6.35. The Morgan fingerprint density at radius 3 is 1.62 bits per heavy atom. The molecule has 0 amide bonds. The van der Waals surface area contributed by atoms with Gasteiger partial charge in [0.1, 0.15) is 6.42 Å². The van der Waals surface area contributed by atoms with Crippen molar-refractivity contribution in [1.29, 1.82) is 0 Å². The van der Waals surface area contributed by atoms with Crippen LogP contribution >= 0.6 is 0 Å². The Labute approximate surface area is 84.0 Å². The van der Waals surface area contributed by atoms with Gasteiger partial charge in [-0.3, -0.25) is 0 Å². The molecular weight excluding hydrogens is 156 g/mol. The van der Waals surface area contributed by atoms with Gasteiger partial charge in [-0.1, -0.05) is 64.4 Å². The number of hydrogen-bond donors (Lipinski definition) is 0. The van der Waals surface area contributed by atoms with Crippen molar-refractivity contribution in [2.24, 2.45) is 0 Å². The Bertz CT molecular complexity index is 153. The Morgan fingerprint density at radius 1 is 1.00 bits per heavy atom. The molecule has 0 radical (unpaired) electrons. The Morgan fingerprint density at radius 2 is 1.38 bits per heavy atom. The number of benzene rings is 1. The van der Waals surface area contributed by atoms with E-state index in [-0.39, 0.29) is 0 Å². The first-order valence-electron chi connectivity index (χ1n) is 5.18. The molecule has 0 saturated carbocycles. The van der Waals surface area contributed by atoms with Gasteiger partial charge in [0.25, 0.3) is 0 Å². The first kappa shape index (κ1) is 14.6. The van der Waals surface area contributed by atoms with E-state index in [0.29, 0.717) is 0 Å². The second-order valence-electron chi connectivity index (χ2n) is 2.44. The molecule has 0 aliphatic carbocycles. The van der Waals surface area contributed by atoms with E-state index in [2.05, 4.69) is 32.9 Å². The highest BCUT2D eigenvalue weighted by Gasteiger charge is 1.85. The van der Waals surface area contributed by atoms with Crippen LogP contribution in [0.3, 0.4) is 0 Å². The third kappa shape index (κ3) is 11.1. The van der Waals surface area contributed by atoms with Crippen LogP contribution in [0.2, 0.25) is 0 Å². The SMILES string of the molecule is CC.CCC.[CH2+]Cc1ccccc1. The zero-order valence-electron chi connectivity index (χ0n) is 9.51. The lowest BCUT2D eigenvalue weighted by molar-refractivity contribution is 1.09. The van der Waals surface area contributed by atoms with Crippen molar-refractivity contribution in [3.8, 4) is 0 Å². The predicted octanol–water partition coefficient (Wildman–Crippen LogP) is 4.51. The van der Waals surface area contributed by atoms with Crippen LogP contribution in [-0.4, -0.2) is 0 Å². The normalized spacial score (nSPS) is 7.38. The molecule has 0 unspecified atom stereocenters. The largest absolute Gasteiger partial charge is 0.110 e. The van der Waals surface area contributed by atoms with E-state index in [1.807, 2.05) is 32.0 Å². The van der Waals surface area contributed by atoms with E-state index in [1.165, 1.54) is 12.0 Å². The van der Waals surface area contributed by atoms with E-state index in [1.54, 1.807) is 0 Å². The quantitative estimate of drug-likeness (QED) is 0.557. The van der Waals surface area contributed by atoms with Crippen molar-refractivity contribution >= 4 is 0 Å². The van der Waals surface area contributed by atoms with Crippen molar-refractivity contribution in [1.82, 2.24) is 0 Å². The maximum Gasteiger partial charge on any atom is 0.110 e. The summed E-state index contributed by atoms with van der Waals surface area (Å²) in [6.07, 6.45) is 2.14. The molecule has 0 heterocycles. The van der Waals surface area contributed by atoms with Gasteiger partial charge in [-0.25, -0.2) is 0 Å². The van der Waals surface area contributed by atoms with E-state index >= 15 is 0 Å². The predicted molar refractivity (Wildman–Crippen MR) is 62.8 cm³/mol. The third-order valence-electron chi connectivity index (χ3n) is 1.13. The molecule has 13 heavy (non-hydrogen) atoms. The highest BCUT2D eigenvalue weighted by molar-refractivity contribution is 5.14. The average Bonchev–Trinajstić information content (AvgIpc) is 2.23. The zero-order chi connectivity index (χ0) is 10.5. The minimum atomic E-state index is 0.890. The van der Waals surface area contributed by atoms with Gasteiger partial charge < -0.3 is 0 Å². The summed E-state index contributed by atoms with van der Waals surface area (Å²) in [5.41, 5.74) is 1.30. The fourth-order valence-corrected chi connectivity index (χ4v) is 0.645. The Kier molecular flexibility index (Phi) is 15.4. The lowest BCUT2D eigenvalue weighted by Gasteiger charge is -1.85. The summed E-state index contributed by atoms with van der Waals surface area (Å²) in [6, 6.07) is 10.2. The van der Waals surface area contributed by atoms with Crippen LogP contribution in [0.5, 0.6) is 0 Å². The lowest BCUT2D eigenvalue weighted by atomic mass is 10.2. The summed E-state index contributed by atoms with van der Waals surface area (Å²) in [5.74, 6) is 0. The minimum Gasteiger partial charge on any atom is -0.0683 e. The van der Waals surface area contributed by atoms with Gasteiger partial charge in [-0.05, 0) is 5.56 Å². The van der Waals surface area contributed by atoms with Gasteiger partial charge in [0, 0.05) is 0 Å². The molecule has 0 bridgehead atoms. The molecule has 74 valence electrons. The van der Waals surface area contributed by atoms with Crippen molar-refractivity contribution in [2.75, 3.05) is 0 Å². The van der Waals surface area contributed by atoms with Crippen LogP contribution in [0.25, 0.3) is 0 Å². The van der Waals surface area contributed by atoms with Crippen LogP contribution in [0.1, 0.15) is 39.7 Å². The van der Waals surface area contributed by atoms with Crippen LogP contribution in [-0.2, 0) is 6.42 Å². The van der Waals surface area contributed by atoms with Gasteiger partial charge in [-0.2, -0.15) is 0 Å². The Balaban J connectivity index is 0. The monoisotopic (exact) mass is 179 g/mol. The van der Waals surface area contributed by atoms with Gasteiger partial charge in [-0.15, -0.1) is 0 Å². The molecule has 0 N–H and O–H groups in total. The molecule has 0 nitrogen and oxygen atoms in total. The zero-order valence-corrected chi connectivity index (χ0v) is 9.51. The summed E-state index contributed by atoms with van der Waals surface area (Å²) >= 11 is 0. The highest BCUT2D eigenvalue weighted by atomic mass is 13.9. The van der Waals surface area contributed by atoms with Gasteiger partial charge in [0.2, 0.25) is 0 Å². The summed E-state index contributed by atoms with van der Waals surface area (Å²) in [4.78, 5) is 0. The van der Waals surface area contributed by atoms with Crippen molar-refractivity contribution in [3.05, 3.63) is 42.8 Å². The maximum absolute atomic E-state index is 3.76. The molecule has 1 rings (SSSR count). The van der Waals surface area contributed by atoms with Gasteiger partial charge in [0.15, 0.2) is 0 Å². The summed E-state index contributed by atoms with van der Waals surface area (Å²) in [5, 5.41) is 0. The standard InChI is InChI=1S/C8H9.C3H8.C2H6/c1-2-8-6-4-3-5-7-8;1-3-2;1-2/h3-7H,1-2H2;3H2,1-2H3;1-2H3/q+1;;. The molecule has 0 saturated heterocycles. The topological polar surface area (TPSA) is 0 Å². The molecule has 0 atom stereocenters. The fourth-order valence-electron chi connectivity index (χ4n) is 0.645. The second kappa shape index (κ2) is 13.7. The van der Waals surface area contributed by atoms with Crippen LogP contribution in [0.4, 0.5) is 0 Å². The fraction of sp³-hybridized carbons (Fsp3) is 0.462. The van der Waals surface area contributed by atoms with Crippen molar-refractivity contribution < 1.29 is 0 Å². The summed E-state index contributed by atoms with van der Waals surface area (Å²) < 4.78 is 0. The molecule has 1 aromatic rings. The molecular formula is C13H23+. The van der Waals surface area contributed by atoms with E-state index in [0.717, 1.165) is 6.42 Å². The van der Waals surface area contributed by atoms with Gasteiger partial charge >= 0.3 is 0 Å². The van der Waals surface area contributed by atoms with Crippen LogP contribution in [0, 0.1) is 6.92 Å². The first-order valence-corrected chi connectivity index (χ1v) is 5.18. The third-order valence-corrected chi connectivity index (χ3v) is 1.13. The van der Waals surface area contributed by atoms with Crippen LogP contribution < -0.4 is 0 Å². The summed E-state index contributed by atoms with van der Waals surface area (Å²) in [6.45, 7) is 12.0. The number of hydrogen-bond acceptors (Lipinski definition) is 0. The molecule has 0 aliphatic heterocycles. The minimum absolute atomic E-state index is 0.890.